The van der Waals surface area contributed by atoms with Crippen LogP contribution in [0.15, 0.2) is 11.1 Å². The van der Waals surface area contributed by atoms with Gasteiger partial charge in [-0.1, -0.05) is 0 Å². The molecule has 2 aliphatic rings. The number of imidazole rings is 1. The van der Waals surface area contributed by atoms with Crippen LogP contribution in [0, 0.1) is 0 Å². The van der Waals surface area contributed by atoms with Crippen LogP contribution in [0.5, 0.6) is 0 Å². The molecule has 38 heavy (non-hydrogen) atoms. The van der Waals surface area contributed by atoms with Gasteiger partial charge in [0.1, 0.15) is 36.6 Å². The molecule has 2 aliphatic heterocycles. The van der Waals surface area contributed by atoms with Crippen molar-refractivity contribution in [3.63, 3.8) is 0 Å². The molecule has 2 aromatic heterocycles. The summed E-state index contributed by atoms with van der Waals surface area (Å²) in [4.78, 5) is 41.7. The third-order valence-corrected chi connectivity index (χ3v) is 8.32. The maximum absolute atomic E-state index is 12.3. The highest BCUT2D eigenvalue weighted by atomic mass is 31.3. The molecule has 22 heteroatoms. The lowest BCUT2D eigenvalue weighted by atomic mass is 10.0. The first-order valence-electron chi connectivity index (χ1n) is 10.7. The summed E-state index contributed by atoms with van der Waals surface area (Å²) in [7, 11) is -10.9. The molecule has 4 heterocycles. The summed E-state index contributed by atoms with van der Waals surface area (Å²) in [6.45, 7) is 0.291. The van der Waals surface area contributed by atoms with E-state index in [1.165, 1.54) is 6.92 Å². The number of nitrogens with zero attached hydrogens (tertiary/aromatic N) is 3. The van der Waals surface area contributed by atoms with E-state index in [2.05, 4.69) is 28.3 Å². The highest BCUT2D eigenvalue weighted by Gasteiger charge is 2.49. The quantitative estimate of drug-likeness (QED) is 0.134. The fraction of sp³-hybridized carbons (Fsp3) is 0.688. The maximum Gasteiger partial charge on any atom is 0.483 e. The zero-order chi connectivity index (χ0) is 28.2. The van der Waals surface area contributed by atoms with Crippen LogP contribution in [-0.4, -0.2) is 110 Å². The molecule has 0 radical (unpaired) electrons. The number of H-pyrrole nitrogens is 1. The summed E-state index contributed by atoms with van der Waals surface area (Å²) < 4.78 is 49.3. The van der Waals surface area contributed by atoms with Crippen LogP contribution in [0.3, 0.4) is 0 Å². The van der Waals surface area contributed by atoms with Crippen LogP contribution >= 0.6 is 15.6 Å². The number of rotatable bonds is 8. The molecule has 0 saturated carbocycles. The Labute approximate surface area is 211 Å². The number of aromatic amines is 1. The summed E-state index contributed by atoms with van der Waals surface area (Å²) in [5, 5.41) is 50.0. The Bertz CT molecular complexity index is 1320. The lowest BCUT2D eigenvalue weighted by molar-refractivity contribution is -0.271. The van der Waals surface area contributed by atoms with E-state index < -0.39 is 83.1 Å². The number of nitrogen functional groups attached to an aromatic ring is 1. The normalized spacial score (nSPS) is 37.2. The Morgan fingerprint density at radius 3 is 2.42 bits per heavy atom. The fourth-order valence-corrected chi connectivity index (χ4v) is 5.96. The number of nitrogens with one attached hydrogen (secondary N) is 1. The minimum absolute atomic E-state index is 0.0994. The molecular formula is C16H25N5O15P2. The average Bonchev–Trinajstić information content (AvgIpc) is 3.35. The Morgan fingerprint density at radius 1 is 1.05 bits per heavy atom. The van der Waals surface area contributed by atoms with Crippen molar-refractivity contribution in [2.24, 2.45) is 0 Å². The smallest absolute Gasteiger partial charge is 0.388 e. The maximum atomic E-state index is 12.3. The van der Waals surface area contributed by atoms with Crippen LogP contribution in [0.2, 0.25) is 0 Å². The molecule has 2 unspecified atom stereocenters. The Balaban J connectivity index is 1.39. The van der Waals surface area contributed by atoms with Gasteiger partial charge in [0.25, 0.3) is 5.56 Å². The number of aliphatic hydroxyl groups is 5. The van der Waals surface area contributed by atoms with Crippen LogP contribution in [0.1, 0.15) is 13.2 Å². The van der Waals surface area contributed by atoms with Gasteiger partial charge in [0.05, 0.1) is 19.0 Å². The molecule has 2 saturated heterocycles. The summed E-state index contributed by atoms with van der Waals surface area (Å²) in [6, 6.07) is 0. The van der Waals surface area contributed by atoms with Crippen LogP contribution < -0.4 is 11.3 Å². The zero-order valence-electron chi connectivity index (χ0n) is 19.2. The number of phosphoric ester groups is 2. The first kappa shape index (κ1) is 29.1. The summed E-state index contributed by atoms with van der Waals surface area (Å²) >= 11 is 0. The summed E-state index contributed by atoms with van der Waals surface area (Å²) in [5.41, 5.74) is 4.59. The third kappa shape index (κ3) is 5.83. The number of hydrogen-bond donors (Lipinski definition) is 9. The van der Waals surface area contributed by atoms with Crippen molar-refractivity contribution in [2.45, 2.75) is 62.2 Å². The predicted octanol–water partition coefficient (Wildman–Crippen LogP) is -3.60. The van der Waals surface area contributed by atoms with Gasteiger partial charge in [-0.05, 0) is 6.92 Å². The Hall–Kier alpha value is -1.87. The van der Waals surface area contributed by atoms with Gasteiger partial charge < -0.3 is 50.5 Å². The monoisotopic (exact) mass is 589 g/mol. The van der Waals surface area contributed by atoms with Crippen molar-refractivity contribution in [3.8, 4) is 0 Å². The molecule has 0 amide bonds. The van der Waals surface area contributed by atoms with Gasteiger partial charge in [0.15, 0.2) is 23.7 Å². The van der Waals surface area contributed by atoms with E-state index in [9.17, 15) is 49.2 Å². The molecule has 20 nitrogen and oxygen atoms in total. The SMILES string of the molecule is C[C@H]1O[C@H](OP(=O)(O)OP(=O)(O)OC[C@H]2O[C@@H](n3cnc4c(=O)[nH]c(N)nc43)[C@H](O)[C@@H]2O)[C@@H](O)[C@H](O)[C@@H]1O. The predicted molar refractivity (Wildman–Crippen MR) is 119 cm³/mol. The molecule has 10 N–H and O–H groups in total. The molecule has 0 aromatic carbocycles. The van der Waals surface area contributed by atoms with Crippen molar-refractivity contribution >= 4 is 32.8 Å². The number of phosphoric acid groups is 2. The lowest BCUT2D eigenvalue weighted by Crippen LogP contribution is -2.57. The van der Waals surface area contributed by atoms with Crippen LogP contribution in [0.25, 0.3) is 11.2 Å². The van der Waals surface area contributed by atoms with E-state index in [1.54, 1.807) is 0 Å². The van der Waals surface area contributed by atoms with Gasteiger partial charge in [-0.15, -0.1) is 0 Å². The van der Waals surface area contributed by atoms with E-state index in [0.717, 1.165) is 10.9 Å². The lowest BCUT2D eigenvalue weighted by Gasteiger charge is -2.38. The minimum atomic E-state index is -5.50. The molecule has 0 spiro atoms. The van der Waals surface area contributed by atoms with Gasteiger partial charge in [-0.3, -0.25) is 23.4 Å². The van der Waals surface area contributed by atoms with E-state index in [1.807, 2.05) is 0 Å². The van der Waals surface area contributed by atoms with Gasteiger partial charge in [0, 0.05) is 0 Å². The number of fused-ring (bicyclic) bond motifs is 1. The van der Waals surface area contributed by atoms with Crippen molar-refractivity contribution in [1.82, 2.24) is 19.5 Å². The Morgan fingerprint density at radius 2 is 1.74 bits per heavy atom. The van der Waals surface area contributed by atoms with Gasteiger partial charge in [-0.2, -0.15) is 9.29 Å². The van der Waals surface area contributed by atoms with Gasteiger partial charge in [-0.25, -0.2) is 14.1 Å². The highest BCUT2D eigenvalue weighted by Crippen LogP contribution is 2.61. The number of aromatic nitrogens is 4. The second kappa shape index (κ2) is 10.6. The van der Waals surface area contributed by atoms with Crippen LogP contribution in [-0.2, 0) is 32.0 Å². The number of ether oxygens (including phenoxy) is 2. The first-order valence-corrected chi connectivity index (χ1v) is 13.7. The second-order valence-electron chi connectivity index (χ2n) is 8.42. The first-order chi connectivity index (χ1) is 17.6. The number of hydrogen-bond acceptors (Lipinski definition) is 16. The third-order valence-electron chi connectivity index (χ3n) is 5.72. The minimum Gasteiger partial charge on any atom is -0.388 e. The highest BCUT2D eigenvalue weighted by molar-refractivity contribution is 7.61. The topological polar surface area (TPSA) is 311 Å². The molecule has 0 bridgehead atoms. The van der Waals surface area contributed by atoms with E-state index in [-0.39, 0.29) is 17.1 Å². The van der Waals surface area contributed by atoms with E-state index in [0.29, 0.717) is 0 Å². The van der Waals surface area contributed by atoms with Crippen molar-refractivity contribution in [3.05, 3.63) is 16.7 Å². The average molecular weight is 589 g/mol. The van der Waals surface area contributed by atoms with Gasteiger partial charge in [0.2, 0.25) is 5.95 Å². The van der Waals surface area contributed by atoms with Crippen molar-refractivity contribution in [2.75, 3.05) is 12.3 Å². The molecule has 11 atom stereocenters. The summed E-state index contributed by atoms with van der Waals surface area (Å²) in [6.07, 6.45) is -13.8. The molecule has 2 fully saturated rings. The second-order valence-corrected chi connectivity index (χ2v) is 11.4. The number of aliphatic hydroxyl groups excluding tert-OH is 5. The molecule has 4 rings (SSSR count). The molecule has 2 aromatic rings. The van der Waals surface area contributed by atoms with Crippen molar-refractivity contribution < 1.29 is 67.3 Å². The molecular weight excluding hydrogens is 564 g/mol. The van der Waals surface area contributed by atoms with Crippen LogP contribution in [0.4, 0.5) is 5.95 Å². The van der Waals surface area contributed by atoms with Gasteiger partial charge >= 0.3 is 15.6 Å². The van der Waals surface area contributed by atoms with E-state index in [4.69, 9.17) is 15.2 Å². The summed E-state index contributed by atoms with van der Waals surface area (Å²) in [5.74, 6) is -0.266. The standard InChI is InChI=1S/C16H25N5O15P2/c1-4-7(22)9(24)11(26)15(33-4)35-38(30,31)36-37(28,29)32-2-5-8(23)10(25)14(34-5)21-3-18-6-12(21)19-16(17)20-13(6)27/h3-5,7-11,14-15,22-26H,2H2,1H3,(H,28,29)(H,30,31)(H3,17,19,20,27)/t4-,5-,7-,8-,9-,10-,11+,14-,15-/m1/s1. The van der Waals surface area contributed by atoms with E-state index >= 15 is 0 Å². The fourth-order valence-electron chi connectivity index (χ4n) is 3.80. The Kier molecular flexibility index (Phi) is 8.12. The number of anilines is 1. The molecule has 0 aliphatic carbocycles. The molecule has 214 valence electrons. The zero-order valence-corrected chi connectivity index (χ0v) is 21.0. The number of nitrogens with two attached hydrogens (primary N) is 1. The largest absolute Gasteiger partial charge is 0.483 e. The van der Waals surface area contributed by atoms with Crippen molar-refractivity contribution in [1.29, 1.82) is 0 Å².